The van der Waals surface area contributed by atoms with Gasteiger partial charge in [0.2, 0.25) is 0 Å². The monoisotopic (exact) mass is 415 g/mol. The van der Waals surface area contributed by atoms with Gasteiger partial charge in [-0.25, -0.2) is 0 Å². The zero-order chi connectivity index (χ0) is 14.5. The van der Waals surface area contributed by atoms with Crippen LogP contribution in [0.2, 0.25) is 0 Å². The molecule has 1 atom stereocenters. The number of hydrogen-bond donors (Lipinski definition) is 1. The van der Waals surface area contributed by atoms with E-state index in [0.717, 1.165) is 23.9 Å². The highest BCUT2D eigenvalue weighted by atomic mass is 79.9. The van der Waals surface area contributed by atoms with Gasteiger partial charge >= 0.3 is 0 Å². The fourth-order valence-electron chi connectivity index (χ4n) is 2.10. The first kappa shape index (κ1) is 16.2. The lowest BCUT2D eigenvalue weighted by Crippen LogP contribution is -2.23. The van der Waals surface area contributed by atoms with Crippen LogP contribution in [0, 0.1) is 6.92 Å². The Morgan fingerprint density at radius 3 is 2.45 bits per heavy atom. The third-order valence-electron chi connectivity index (χ3n) is 3.21. The van der Waals surface area contributed by atoms with Crippen molar-refractivity contribution in [2.45, 2.75) is 32.7 Å². The number of thiophene rings is 1. The molecule has 1 unspecified atom stereocenters. The van der Waals surface area contributed by atoms with Gasteiger partial charge in [0.1, 0.15) is 0 Å². The standard InChI is InChI=1S/C16H19Br2NS/c1-3-8-19-14(15-9-11(2)16(18)20-15)10-12-4-6-13(17)7-5-12/h4-7,9,14,19H,3,8,10H2,1-2H3. The van der Waals surface area contributed by atoms with Crippen molar-refractivity contribution in [3.63, 3.8) is 0 Å². The molecule has 0 bridgehead atoms. The van der Waals surface area contributed by atoms with Crippen LogP contribution >= 0.6 is 43.2 Å². The molecule has 0 saturated heterocycles. The Morgan fingerprint density at radius 2 is 1.90 bits per heavy atom. The van der Waals surface area contributed by atoms with E-state index < -0.39 is 0 Å². The average Bonchev–Trinajstić information content (AvgIpc) is 2.77. The number of benzene rings is 1. The predicted octanol–water partition coefficient (Wildman–Crippen LogP) is 5.86. The number of rotatable bonds is 6. The summed E-state index contributed by atoms with van der Waals surface area (Å²) in [5.74, 6) is 0. The molecule has 2 rings (SSSR count). The first-order chi connectivity index (χ1) is 9.60. The van der Waals surface area contributed by atoms with Crippen LogP contribution in [0.4, 0.5) is 0 Å². The molecule has 0 saturated carbocycles. The molecule has 0 aliphatic rings. The van der Waals surface area contributed by atoms with E-state index >= 15 is 0 Å². The molecule has 1 aromatic carbocycles. The van der Waals surface area contributed by atoms with Crippen molar-refractivity contribution in [3.05, 3.63) is 54.6 Å². The van der Waals surface area contributed by atoms with Crippen molar-refractivity contribution in [1.82, 2.24) is 5.32 Å². The highest BCUT2D eigenvalue weighted by molar-refractivity contribution is 9.11. The molecular weight excluding hydrogens is 398 g/mol. The Morgan fingerprint density at radius 1 is 1.20 bits per heavy atom. The Labute approximate surface area is 142 Å². The molecule has 0 radical (unpaired) electrons. The highest BCUT2D eigenvalue weighted by Gasteiger charge is 2.15. The van der Waals surface area contributed by atoms with Gasteiger partial charge in [0, 0.05) is 15.4 Å². The molecule has 1 aromatic heterocycles. The van der Waals surface area contributed by atoms with Gasteiger partial charge in [-0.1, -0.05) is 35.0 Å². The molecule has 4 heteroatoms. The summed E-state index contributed by atoms with van der Waals surface area (Å²) in [7, 11) is 0. The zero-order valence-corrected chi connectivity index (χ0v) is 15.7. The third kappa shape index (κ3) is 4.42. The van der Waals surface area contributed by atoms with Crippen LogP contribution in [-0.2, 0) is 6.42 Å². The van der Waals surface area contributed by atoms with Gasteiger partial charge in [0.15, 0.2) is 0 Å². The SMILES string of the molecule is CCCNC(Cc1ccc(Br)cc1)c1cc(C)c(Br)s1. The first-order valence-electron chi connectivity index (χ1n) is 6.83. The number of aryl methyl sites for hydroxylation is 1. The summed E-state index contributed by atoms with van der Waals surface area (Å²) in [6.45, 7) is 5.41. The van der Waals surface area contributed by atoms with E-state index in [-0.39, 0.29) is 0 Å². The maximum atomic E-state index is 3.67. The van der Waals surface area contributed by atoms with Crippen LogP contribution in [0.15, 0.2) is 38.6 Å². The van der Waals surface area contributed by atoms with Gasteiger partial charge in [-0.2, -0.15) is 0 Å². The summed E-state index contributed by atoms with van der Waals surface area (Å²) in [6.07, 6.45) is 2.18. The summed E-state index contributed by atoms with van der Waals surface area (Å²) >= 11 is 8.96. The zero-order valence-electron chi connectivity index (χ0n) is 11.7. The van der Waals surface area contributed by atoms with Crippen molar-refractivity contribution >= 4 is 43.2 Å². The second kappa shape index (κ2) is 7.74. The van der Waals surface area contributed by atoms with Crippen molar-refractivity contribution in [1.29, 1.82) is 0 Å². The second-order valence-corrected chi connectivity index (χ2v) is 8.26. The van der Waals surface area contributed by atoms with Gasteiger partial charge in [-0.05, 0) is 71.6 Å². The minimum atomic E-state index is 0.395. The summed E-state index contributed by atoms with van der Waals surface area (Å²) in [5, 5.41) is 3.67. The van der Waals surface area contributed by atoms with E-state index in [2.05, 4.69) is 81.4 Å². The lowest BCUT2D eigenvalue weighted by Gasteiger charge is -2.17. The largest absolute Gasteiger partial charge is 0.309 e. The van der Waals surface area contributed by atoms with Gasteiger partial charge < -0.3 is 5.32 Å². The Bertz CT molecular complexity index is 529. The van der Waals surface area contributed by atoms with Gasteiger partial charge in [0.25, 0.3) is 0 Å². The second-order valence-electron chi connectivity index (χ2n) is 4.94. The van der Waals surface area contributed by atoms with Crippen LogP contribution in [0.1, 0.15) is 35.4 Å². The minimum Gasteiger partial charge on any atom is -0.309 e. The van der Waals surface area contributed by atoms with Crippen LogP contribution in [0.5, 0.6) is 0 Å². The first-order valence-corrected chi connectivity index (χ1v) is 9.24. The summed E-state index contributed by atoms with van der Waals surface area (Å²) in [5.41, 5.74) is 2.69. The summed E-state index contributed by atoms with van der Waals surface area (Å²) in [6, 6.07) is 11.3. The number of halogens is 2. The molecule has 20 heavy (non-hydrogen) atoms. The molecule has 1 nitrogen and oxygen atoms in total. The van der Waals surface area contributed by atoms with Gasteiger partial charge in [0.05, 0.1) is 3.79 Å². The van der Waals surface area contributed by atoms with Gasteiger partial charge in [-0.3, -0.25) is 0 Å². The average molecular weight is 417 g/mol. The van der Waals surface area contributed by atoms with E-state index in [9.17, 15) is 0 Å². The lowest BCUT2D eigenvalue weighted by atomic mass is 10.0. The number of hydrogen-bond acceptors (Lipinski definition) is 2. The molecular formula is C16H19Br2NS. The Balaban J connectivity index is 2.16. The van der Waals surface area contributed by atoms with Crippen molar-refractivity contribution in [2.75, 3.05) is 6.54 Å². The van der Waals surface area contributed by atoms with Crippen molar-refractivity contribution < 1.29 is 0 Å². The summed E-state index contributed by atoms with van der Waals surface area (Å²) in [4.78, 5) is 1.41. The van der Waals surface area contributed by atoms with Crippen LogP contribution < -0.4 is 5.32 Å². The smallest absolute Gasteiger partial charge is 0.0731 e. The van der Waals surface area contributed by atoms with Crippen molar-refractivity contribution in [3.8, 4) is 0 Å². The maximum Gasteiger partial charge on any atom is 0.0731 e. The lowest BCUT2D eigenvalue weighted by molar-refractivity contribution is 0.536. The minimum absolute atomic E-state index is 0.395. The summed E-state index contributed by atoms with van der Waals surface area (Å²) < 4.78 is 2.38. The fraction of sp³-hybridized carbons (Fsp3) is 0.375. The highest BCUT2D eigenvalue weighted by Crippen LogP contribution is 2.33. The predicted molar refractivity (Wildman–Crippen MR) is 95.6 cm³/mol. The van der Waals surface area contributed by atoms with E-state index in [1.807, 2.05) is 11.3 Å². The molecule has 108 valence electrons. The van der Waals surface area contributed by atoms with E-state index in [1.54, 1.807) is 0 Å². The fourth-order valence-corrected chi connectivity index (χ4v) is 4.01. The quantitative estimate of drug-likeness (QED) is 0.621. The van der Waals surface area contributed by atoms with Crippen LogP contribution in [0.3, 0.4) is 0 Å². The maximum absolute atomic E-state index is 3.67. The van der Waals surface area contributed by atoms with E-state index in [0.29, 0.717) is 6.04 Å². The molecule has 0 fully saturated rings. The molecule has 2 aromatic rings. The van der Waals surface area contributed by atoms with Gasteiger partial charge in [-0.15, -0.1) is 11.3 Å². The third-order valence-corrected chi connectivity index (χ3v) is 5.99. The molecule has 0 aliphatic carbocycles. The van der Waals surface area contributed by atoms with Crippen molar-refractivity contribution in [2.24, 2.45) is 0 Å². The Hall–Kier alpha value is -0.160. The molecule has 1 N–H and O–H groups in total. The number of nitrogens with one attached hydrogen (secondary N) is 1. The van der Waals surface area contributed by atoms with E-state index in [1.165, 1.54) is 19.8 Å². The Kier molecular flexibility index (Phi) is 6.27. The topological polar surface area (TPSA) is 12.0 Å². The van der Waals surface area contributed by atoms with Crippen LogP contribution in [-0.4, -0.2) is 6.54 Å². The molecule has 1 heterocycles. The van der Waals surface area contributed by atoms with Crippen LogP contribution in [0.25, 0.3) is 0 Å². The van der Waals surface area contributed by atoms with E-state index in [4.69, 9.17) is 0 Å². The normalized spacial score (nSPS) is 12.6. The molecule has 0 spiro atoms. The molecule has 0 amide bonds. The molecule has 0 aliphatic heterocycles.